The molecule has 1 aromatic heterocycles. The molecule has 198 valence electrons. The van der Waals surface area contributed by atoms with Gasteiger partial charge in [-0.05, 0) is 36.1 Å². The number of aliphatic hydroxyl groups is 1. The Bertz CT molecular complexity index is 1330. The van der Waals surface area contributed by atoms with E-state index in [1.54, 1.807) is 0 Å². The fourth-order valence-corrected chi connectivity index (χ4v) is 5.20. The molecule has 0 aliphatic carbocycles. The van der Waals surface area contributed by atoms with Gasteiger partial charge in [0.1, 0.15) is 11.6 Å². The zero-order valence-electron chi connectivity index (χ0n) is 22.4. The number of nitrogens with zero attached hydrogens (tertiary/aromatic N) is 2. The zero-order valence-corrected chi connectivity index (χ0v) is 22.4. The summed E-state index contributed by atoms with van der Waals surface area (Å²) >= 11 is 0. The lowest BCUT2D eigenvalue weighted by atomic mass is 9.77. The van der Waals surface area contributed by atoms with E-state index in [1.165, 1.54) is 0 Å². The van der Waals surface area contributed by atoms with Gasteiger partial charge in [-0.2, -0.15) is 0 Å². The number of benzene rings is 4. The Morgan fingerprint density at radius 1 is 0.667 bits per heavy atom. The van der Waals surface area contributed by atoms with Crippen LogP contribution in [0.1, 0.15) is 59.8 Å². The van der Waals surface area contributed by atoms with E-state index in [9.17, 15) is 5.11 Å². The van der Waals surface area contributed by atoms with Crippen LogP contribution in [-0.4, -0.2) is 27.9 Å². The Hall–Kier alpha value is -4.03. The number of imidazole rings is 1. The number of rotatable bonds is 11. The fourth-order valence-electron chi connectivity index (χ4n) is 5.20. The van der Waals surface area contributed by atoms with Crippen molar-refractivity contribution in [3.8, 4) is 0 Å². The zero-order chi connectivity index (χ0) is 27.1. The van der Waals surface area contributed by atoms with Gasteiger partial charge in [0.05, 0.1) is 12.0 Å². The Balaban J connectivity index is 1.58. The molecule has 1 atom stereocenters. The summed E-state index contributed by atoms with van der Waals surface area (Å²) in [5.74, 6) is 0. The molecule has 39 heavy (non-hydrogen) atoms. The van der Waals surface area contributed by atoms with E-state index >= 15 is 0 Å². The van der Waals surface area contributed by atoms with Crippen LogP contribution in [0.5, 0.6) is 0 Å². The minimum atomic E-state index is -0.891. The van der Waals surface area contributed by atoms with Gasteiger partial charge in [0.2, 0.25) is 0 Å². The van der Waals surface area contributed by atoms with E-state index in [0.717, 1.165) is 27.8 Å². The van der Waals surface area contributed by atoms with Crippen LogP contribution in [-0.2, 0) is 15.0 Å². The minimum Gasteiger partial charge on any atom is -0.382 e. The first-order valence-corrected chi connectivity index (χ1v) is 13.4. The second-order valence-electron chi connectivity index (χ2n) is 9.33. The third-order valence-electron chi connectivity index (χ3n) is 7.01. The van der Waals surface area contributed by atoms with Gasteiger partial charge in [0.25, 0.3) is 0 Å². The molecule has 1 heterocycles. The molecule has 0 spiro atoms. The molecule has 0 aliphatic rings. The highest BCUT2D eigenvalue weighted by atomic mass is 16.7. The average Bonchev–Trinajstić information content (AvgIpc) is 3.49. The van der Waals surface area contributed by atoms with E-state index in [-0.39, 0.29) is 0 Å². The lowest BCUT2D eigenvalue weighted by Gasteiger charge is -2.37. The van der Waals surface area contributed by atoms with E-state index < -0.39 is 17.9 Å². The Morgan fingerprint density at radius 2 is 1.10 bits per heavy atom. The molecule has 0 saturated carbocycles. The Morgan fingerprint density at radius 3 is 1.54 bits per heavy atom. The predicted molar refractivity (Wildman–Crippen MR) is 153 cm³/mol. The van der Waals surface area contributed by atoms with Crippen molar-refractivity contribution in [1.82, 2.24) is 9.55 Å². The summed E-state index contributed by atoms with van der Waals surface area (Å²) in [5, 5.41) is 11.4. The van der Waals surface area contributed by atoms with Crippen molar-refractivity contribution in [3.05, 3.63) is 161 Å². The largest absolute Gasteiger partial charge is 0.382 e. The third-order valence-corrected chi connectivity index (χ3v) is 7.01. The first-order valence-electron chi connectivity index (χ1n) is 13.4. The van der Waals surface area contributed by atoms with Crippen LogP contribution < -0.4 is 0 Å². The topological polar surface area (TPSA) is 56.5 Å². The molecule has 5 rings (SSSR count). The van der Waals surface area contributed by atoms with Crippen LogP contribution in [0.2, 0.25) is 0 Å². The van der Waals surface area contributed by atoms with E-state index in [2.05, 4.69) is 77.4 Å². The van der Waals surface area contributed by atoms with Crippen LogP contribution in [0.3, 0.4) is 0 Å². The highest BCUT2D eigenvalue weighted by Crippen LogP contribution is 2.41. The first-order chi connectivity index (χ1) is 19.2. The van der Waals surface area contributed by atoms with E-state index in [0.29, 0.717) is 18.9 Å². The lowest BCUT2D eigenvalue weighted by molar-refractivity contribution is -0.140. The van der Waals surface area contributed by atoms with Gasteiger partial charge in [0, 0.05) is 25.0 Å². The summed E-state index contributed by atoms with van der Waals surface area (Å²) in [5.41, 5.74) is 4.85. The molecule has 0 amide bonds. The predicted octanol–water partition coefficient (Wildman–Crippen LogP) is 6.88. The summed E-state index contributed by atoms with van der Waals surface area (Å²) in [6.45, 7) is 5.00. The van der Waals surface area contributed by atoms with Gasteiger partial charge in [-0.3, -0.25) is 0 Å². The third kappa shape index (κ3) is 5.30. The Labute approximate surface area is 230 Å². The van der Waals surface area contributed by atoms with Crippen molar-refractivity contribution < 1.29 is 14.6 Å². The maximum absolute atomic E-state index is 11.4. The quantitative estimate of drug-likeness (QED) is 0.153. The summed E-state index contributed by atoms with van der Waals surface area (Å²) in [4.78, 5) is 4.71. The summed E-state index contributed by atoms with van der Waals surface area (Å²) in [7, 11) is 0. The lowest BCUT2D eigenvalue weighted by Crippen LogP contribution is -2.37. The second-order valence-corrected chi connectivity index (χ2v) is 9.33. The first kappa shape index (κ1) is 26.6. The van der Waals surface area contributed by atoms with Gasteiger partial charge < -0.3 is 19.1 Å². The van der Waals surface area contributed by atoms with Crippen molar-refractivity contribution in [1.29, 1.82) is 0 Å². The smallest absolute Gasteiger partial charge is 0.183 e. The van der Waals surface area contributed by atoms with Gasteiger partial charge in [0.15, 0.2) is 6.29 Å². The van der Waals surface area contributed by atoms with Gasteiger partial charge >= 0.3 is 0 Å². The van der Waals surface area contributed by atoms with Crippen LogP contribution >= 0.6 is 0 Å². The van der Waals surface area contributed by atoms with Crippen molar-refractivity contribution >= 4 is 0 Å². The van der Waals surface area contributed by atoms with Crippen molar-refractivity contribution in [2.75, 3.05) is 13.2 Å². The summed E-state index contributed by atoms with van der Waals surface area (Å²) in [6.07, 6.45) is 2.46. The Kier molecular flexibility index (Phi) is 8.33. The van der Waals surface area contributed by atoms with Crippen molar-refractivity contribution in [3.63, 3.8) is 0 Å². The van der Waals surface area contributed by atoms with Crippen LogP contribution in [0.4, 0.5) is 0 Å². The molecule has 5 nitrogen and oxygen atoms in total. The second kappa shape index (κ2) is 12.2. The van der Waals surface area contributed by atoms with Crippen molar-refractivity contribution in [2.45, 2.75) is 31.8 Å². The van der Waals surface area contributed by atoms with Crippen LogP contribution in [0.15, 0.2) is 128 Å². The average molecular weight is 519 g/mol. The number of ether oxygens (including phenoxy) is 2. The molecular weight excluding hydrogens is 484 g/mol. The number of aromatic nitrogens is 2. The number of hydrogen-bond donors (Lipinski definition) is 1. The highest BCUT2D eigenvalue weighted by Gasteiger charge is 2.38. The monoisotopic (exact) mass is 518 g/mol. The minimum absolute atomic E-state index is 0.423. The van der Waals surface area contributed by atoms with Gasteiger partial charge in [-0.15, -0.1) is 0 Å². The standard InChI is InChI=1S/C34H34N2O3/c1-3-38-33(39-4-2)27-22-20-26(21-23-27)32(37)31-24-36(25-35-31)34(28-14-8-5-9-15-28,29-16-10-6-11-17-29)30-18-12-7-13-19-30/h5-25,32-33,37H,3-4H2,1-2H3. The van der Waals surface area contributed by atoms with E-state index in [1.807, 2.05) is 68.8 Å². The van der Waals surface area contributed by atoms with Gasteiger partial charge in [-0.25, -0.2) is 4.98 Å². The molecule has 0 aliphatic heterocycles. The van der Waals surface area contributed by atoms with Crippen LogP contribution in [0.25, 0.3) is 0 Å². The molecule has 0 radical (unpaired) electrons. The molecule has 1 unspecified atom stereocenters. The maximum atomic E-state index is 11.4. The van der Waals surface area contributed by atoms with Crippen LogP contribution in [0, 0.1) is 0 Å². The molecule has 0 fully saturated rings. The molecule has 0 bridgehead atoms. The molecule has 5 heteroatoms. The van der Waals surface area contributed by atoms with Crippen molar-refractivity contribution in [2.24, 2.45) is 0 Å². The molecular formula is C34H34N2O3. The fraction of sp³-hybridized carbons (Fsp3) is 0.206. The number of aliphatic hydroxyl groups excluding tert-OH is 1. The molecule has 0 saturated heterocycles. The van der Waals surface area contributed by atoms with Gasteiger partial charge in [-0.1, -0.05) is 115 Å². The number of hydrogen-bond acceptors (Lipinski definition) is 4. The molecule has 4 aromatic carbocycles. The highest BCUT2D eigenvalue weighted by molar-refractivity contribution is 5.51. The summed E-state index contributed by atoms with van der Waals surface area (Å²) < 4.78 is 13.6. The summed E-state index contributed by atoms with van der Waals surface area (Å²) in [6, 6.07) is 39.0. The normalized spacial score (nSPS) is 12.5. The maximum Gasteiger partial charge on any atom is 0.183 e. The molecule has 1 N–H and O–H groups in total. The molecule has 5 aromatic rings. The van der Waals surface area contributed by atoms with E-state index in [4.69, 9.17) is 14.5 Å². The SMILES string of the molecule is CCOC(OCC)c1ccc(C(O)c2cn(C(c3ccccc3)(c3ccccc3)c3ccccc3)cn2)cc1.